The first-order valence-corrected chi connectivity index (χ1v) is 7.51. The van der Waals surface area contributed by atoms with E-state index in [2.05, 4.69) is 5.32 Å². The maximum absolute atomic E-state index is 13.0. The van der Waals surface area contributed by atoms with Gasteiger partial charge in [-0.2, -0.15) is 0 Å². The van der Waals surface area contributed by atoms with Crippen LogP contribution in [-0.4, -0.2) is 23.4 Å². The van der Waals surface area contributed by atoms with E-state index in [1.165, 1.54) is 49.4 Å². The van der Waals surface area contributed by atoms with Crippen molar-refractivity contribution in [3.05, 3.63) is 75.6 Å². The number of anilines is 1. The second kappa shape index (κ2) is 8.52. The molecule has 1 amide bonds. The predicted molar refractivity (Wildman–Crippen MR) is 92.9 cm³/mol. The minimum atomic E-state index is -0.778. The van der Waals surface area contributed by atoms with Crippen molar-refractivity contribution in [2.24, 2.45) is 0 Å². The number of esters is 1. The number of hydrogen-bond acceptors (Lipinski definition) is 5. The van der Waals surface area contributed by atoms with Gasteiger partial charge in [-0.1, -0.05) is 18.2 Å². The Morgan fingerprint density at radius 3 is 2.69 bits per heavy atom. The van der Waals surface area contributed by atoms with E-state index in [4.69, 9.17) is 4.74 Å². The summed E-state index contributed by atoms with van der Waals surface area (Å²) in [7, 11) is 0. The van der Waals surface area contributed by atoms with E-state index in [1.54, 1.807) is 6.07 Å². The topological polar surface area (TPSA) is 98.5 Å². The van der Waals surface area contributed by atoms with Gasteiger partial charge in [0, 0.05) is 12.1 Å². The monoisotopic (exact) mass is 358 g/mol. The zero-order chi connectivity index (χ0) is 19.1. The number of nitro groups is 1. The van der Waals surface area contributed by atoms with Crippen LogP contribution in [-0.2, 0) is 14.3 Å². The summed E-state index contributed by atoms with van der Waals surface area (Å²) in [6.07, 6.45) is 2.43. The molecule has 0 heterocycles. The molecule has 0 saturated heterocycles. The Bertz CT molecular complexity index is 880. The summed E-state index contributed by atoms with van der Waals surface area (Å²) in [5.41, 5.74) is 0.898. The van der Waals surface area contributed by atoms with E-state index in [0.717, 1.165) is 6.08 Å². The number of rotatable bonds is 6. The molecule has 0 fully saturated rings. The number of carbonyl (C=O) groups excluding carboxylic acids is 2. The van der Waals surface area contributed by atoms with Crippen molar-refractivity contribution >= 4 is 29.3 Å². The number of nitrogens with zero attached hydrogens (tertiary/aromatic N) is 1. The zero-order valence-corrected chi connectivity index (χ0v) is 13.8. The van der Waals surface area contributed by atoms with Crippen LogP contribution in [0.1, 0.15) is 11.1 Å². The Morgan fingerprint density at radius 1 is 1.27 bits per heavy atom. The van der Waals surface area contributed by atoms with Crippen LogP contribution in [0.4, 0.5) is 15.8 Å². The Hall–Kier alpha value is -3.55. The molecule has 0 radical (unpaired) electrons. The number of ether oxygens (including phenoxy) is 1. The number of nitrogens with one attached hydrogen (secondary N) is 1. The van der Waals surface area contributed by atoms with Gasteiger partial charge in [0.1, 0.15) is 5.82 Å². The normalized spacial score (nSPS) is 10.5. The van der Waals surface area contributed by atoms with Crippen LogP contribution < -0.4 is 5.32 Å². The molecular formula is C18H15FN2O5. The first-order valence-electron chi connectivity index (χ1n) is 7.51. The predicted octanol–water partition coefficient (Wildman–Crippen LogP) is 3.24. The fourth-order valence-electron chi connectivity index (χ4n) is 2.10. The van der Waals surface area contributed by atoms with Gasteiger partial charge in [-0.25, -0.2) is 9.18 Å². The lowest BCUT2D eigenvalue weighted by molar-refractivity contribution is -0.385. The lowest BCUT2D eigenvalue weighted by Gasteiger charge is -2.08. The number of halogens is 1. The second-order valence-electron chi connectivity index (χ2n) is 5.25. The molecule has 7 nitrogen and oxygen atoms in total. The second-order valence-corrected chi connectivity index (χ2v) is 5.25. The Balaban J connectivity index is 1.90. The zero-order valence-electron chi connectivity index (χ0n) is 13.8. The lowest BCUT2D eigenvalue weighted by atomic mass is 10.1. The molecule has 0 aliphatic rings. The first-order chi connectivity index (χ1) is 12.4. The summed E-state index contributed by atoms with van der Waals surface area (Å²) in [5.74, 6) is -1.85. The van der Waals surface area contributed by atoms with E-state index in [0.29, 0.717) is 11.1 Å². The molecule has 0 aliphatic heterocycles. The van der Waals surface area contributed by atoms with Gasteiger partial charge in [0.2, 0.25) is 0 Å². The van der Waals surface area contributed by atoms with E-state index in [-0.39, 0.29) is 11.4 Å². The number of benzene rings is 2. The molecule has 0 aromatic heterocycles. The summed E-state index contributed by atoms with van der Waals surface area (Å²) >= 11 is 0. The van der Waals surface area contributed by atoms with Gasteiger partial charge in [0.15, 0.2) is 6.61 Å². The minimum absolute atomic E-state index is 0.127. The van der Waals surface area contributed by atoms with Crippen molar-refractivity contribution in [3.63, 3.8) is 0 Å². The number of carbonyl (C=O) groups is 2. The lowest BCUT2D eigenvalue weighted by Crippen LogP contribution is -2.20. The average Bonchev–Trinajstić information content (AvgIpc) is 2.60. The number of amides is 1. The fraction of sp³-hybridized carbons (Fsp3) is 0.111. The molecule has 2 aromatic rings. The standard InChI is InChI=1S/C18H15FN2O5/c1-12-15(6-3-7-16(12)21(24)25)20-17(22)11-26-18(23)9-8-13-4-2-5-14(19)10-13/h2-10H,11H2,1H3,(H,20,22)/b9-8+. The molecular weight excluding hydrogens is 343 g/mol. The van der Waals surface area contributed by atoms with Crippen LogP contribution in [0.25, 0.3) is 6.08 Å². The Labute approximate surface area is 148 Å². The summed E-state index contributed by atoms with van der Waals surface area (Å²) in [6, 6.07) is 9.87. The van der Waals surface area contributed by atoms with Gasteiger partial charge >= 0.3 is 5.97 Å². The minimum Gasteiger partial charge on any atom is -0.452 e. The molecule has 0 spiro atoms. The van der Waals surface area contributed by atoms with Gasteiger partial charge < -0.3 is 10.1 Å². The number of hydrogen-bond donors (Lipinski definition) is 1. The molecule has 134 valence electrons. The molecule has 2 rings (SSSR count). The highest BCUT2D eigenvalue weighted by molar-refractivity contribution is 5.95. The molecule has 0 unspecified atom stereocenters. The van der Waals surface area contributed by atoms with Crippen molar-refractivity contribution in [3.8, 4) is 0 Å². The fourth-order valence-corrected chi connectivity index (χ4v) is 2.10. The van der Waals surface area contributed by atoms with Crippen molar-refractivity contribution in [1.29, 1.82) is 0 Å². The van der Waals surface area contributed by atoms with Gasteiger partial charge in [-0.3, -0.25) is 14.9 Å². The van der Waals surface area contributed by atoms with Crippen molar-refractivity contribution < 1.29 is 23.6 Å². The molecule has 0 bridgehead atoms. The number of nitro benzene ring substituents is 1. The SMILES string of the molecule is Cc1c(NC(=O)COC(=O)/C=C/c2cccc(F)c2)cccc1[N+](=O)[O-]. The molecule has 8 heteroatoms. The molecule has 2 aromatic carbocycles. The maximum Gasteiger partial charge on any atom is 0.331 e. The van der Waals surface area contributed by atoms with Crippen LogP contribution >= 0.6 is 0 Å². The van der Waals surface area contributed by atoms with Crippen LogP contribution in [0.2, 0.25) is 0 Å². The van der Waals surface area contributed by atoms with Crippen molar-refractivity contribution in [2.45, 2.75) is 6.92 Å². The van der Waals surface area contributed by atoms with E-state index < -0.39 is 29.2 Å². The Kier molecular flexibility index (Phi) is 6.15. The average molecular weight is 358 g/mol. The molecule has 0 saturated carbocycles. The van der Waals surface area contributed by atoms with Gasteiger partial charge in [-0.05, 0) is 36.8 Å². The third-order valence-corrected chi connectivity index (χ3v) is 3.38. The summed E-state index contributed by atoms with van der Waals surface area (Å²) in [4.78, 5) is 33.8. The first kappa shape index (κ1) is 18.8. The van der Waals surface area contributed by atoms with Crippen LogP contribution in [0.15, 0.2) is 48.5 Å². The highest BCUT2D eigenvalue weighted by Gasteiger charge is 2.15. The van der Waals surface area contributed by atoms with Crippen molar-refractivity contribution in [1.82, 2.24) is 0 Å². The van der Waals surface area contributed by atoms with Crippen LogP contribution in [0.3, 0.4) is 0 Å². The largest absolute Gasteiger partial charge is 0.452 e. The summed E-state index contributed by atoms with van der Waals surface area (Å²) < 4.78 is 17.8. The summed E-state index contributed by atoms with van der Waals surface area (Å²) in [5, 5.41) is 13.3. The molecule has 26 heavy (non-hydrogen) atoms. The molecule has 0 atom stereocenters. The Morgan fingerprint density at radius 2 is 2.00 bits per heavy atom. The van der Waals surface area contributed by atoms with Crippen LogP contribution in [0.5, 0.6) is 0 Å². The van der Waals surface area contributed by atoms with E-state index >= 15 is 0 Å². The third-order valence-electron chi connectivity index (χ3n) is 3.38. The van der Waals surface area contributed by atoms with E-state index in [1.807, 2.05) is 0 Å². The maximum atomic E-state index is 13.0. The van der Waals surface area contributed by atoms with Crippen molar-refractivity contribution in [2.75, 3.05) is 11.9 Å². The molecule has 0 aliphatic carbocycles. The highest BCUT2D eigenvalue weighted by Crippen LogP contribution is 2.24. The van der Waals surface area contributed by atoms with E-state index in [9.17, 15) is 24.1 Å². The highest BCUT2D eigenvalue weighted by atomic mass is 19.1. The van der Waals surface area contributed by atoms with Crippen LogP contribution in [0, 0.1) is 22.9 Å². The summed E-state index contributed by atoms with van der Waals surface area (Å²) in [6.45, 7) is 0.940. The third kappa shape index (κ3) is 5.23. The van der Waals surface area contributed by atoms with Gasteiger partial charge in [-0.15, -0.1) is 0 Å². The van der Waals surface area contributed by atoms with Gasteiger partial charge in [0.05, 0.1) is 16.2 Å². The smallest absolute Gasteiger partial charge is 0.331 e. The quantitative estimate of drug-likeness (QED) is 0.370. The molecule has 1 N–H and O–H groups in total. The van der Waals surface area contributed by atoms with Gasteiger partial charge in [0.25, 0.3) is 11.6 Å².